The number of carbonyl (C=O) groups is 1. The Morgan fingerprint density at radius 3 is 2.39 bits per heavy atom. The van der Waals surface area contributed by atoms with Crippen molar-refractivity contribution in [3.8, 4) is 0 Å². The van der Waals surface area contributed by atoms with Gasteiger partial charge in [0.15, 0.2) is 0 Å². The van der Waals surface area contributed by atoms with Crippen molar-refractivity contribution in [1.29, 1.82) is 0 Å². The van der Waals surface area contributed by atoms with Crippen LogP contribution in [0.25, 0.3) is 0 Å². The predicted molar refractivity (Wildman–Crippen MR) is 109 cm³/mol. The lowest BCUT2D eigenvalue weighted by atomic mass is 9.43. The maximum Gasteiger partial charge on any atom is 0.303 e. The Kier molecular flexibility index (Phi) is 5.36. The maximum atomic E-state index is 11.2. The molecule has 0 amide bonds. The minimum Gasteiger partial charge on any atom is -0.481 e. The molecule has 28 heavy (non-hydrogen) atoms. The summed E-state index contributed by atoms with van der Waals surface area (Å²) in [6, 6.07) is 0. The first-order chi connectivity index (χ1) is 13.2. The van der Waals surface area contributed by atoms with Gasteiger partial charge in [0.25, 0.3) is 0 Å². The first-order valence-electron chi connectivity index (χ1n) is 11.7. The third-order valence-corrected chi connectivity index (χ3v) is 10.2. The number of carboxylic acids is 1. The second-order valence-corrected chi connectivity index (χ2v) is 11.4. The van der Waals surface area contributed by atoms with E-state index in [2.05, 4.69) is 20.8 Å². The first-order valence-corrected chi connectivity index (χ1v) is 11.7. The highest BCUT2D eigenvalue weighted by molar-refractivity contribution is 5.66. The van der Waals surface area contributed by atoms with Crippen LogP contribution in [0.2, 0.25) is 0 Å². The molecule has 0 aromatic heterocycles. The van der Waals surface area contributed by atoms with Gasteiger partial charge >= 0.3 is 5.97 Å². The number of rotatable bonds is 4. The van der Waals surface area contributed by atoms with Crippen molar-refractivity contribution in [3.05, 3.63) is 0 Å². The lowest BCUT2D eigenvalue weighted by Gasteiger charge is -2.62. The van der Waals surface area contributed by atoms with E-state index in [0.29, 0.717) is 35.5 Å². The zero-order valence-electron chi connectivity index (χ0n) is 17.9. The lowest BCUT2D eigenvalue weighted by molar-refractivity contribution is -0.174. The first kappa shape index (κ1) is 20.7. The zero-order chi connectivity index (χ0) is 20.3. The molecule has 3 N–H and O–H groups in total. The average Bonchev–Trinajstić information content (AvgIpc) is 2.98. The van der Waals surface area contributed by atoms with Gasteiger partial charge in [-0.15, -0.1) is 0 Å². The summed E-state index contributed by atoms with van der Waals surface area (Å²) in [6.07, 6.45) is 9.19. The summed E-state index contributed by atoms with van der Waals surface area (Å²) >= 11 is 0. The van der Waals surface area contributed by atoms with Crippen LogP contribution in [0.1, 0.15) is 85.0 Å². The zero-order valence-corrected chi connectivity index (χ0v) is 17.9. The van der Waals surface area contributed by atoms with Gasteiger partial charge in [0.2, 0.25) is 0 Å². The second kappa shape index (κ2) is 7.27. The smallest absolute Gasteiger partial charge is 0.303 e. The van der Waals surface area contributed by atoms with Crippen molar-refractivity contribution in [3.63, 3.8) is 0 Å². The van der Waals surface area contributed by atoms with Crippen LogP contribution in [-0.4, -0.2) is 33.5 Å². The highest BCUT2D eigenvalue weighted by Gasteiger charge is 2.62. The topological polar surface area (TPSA) is 77.8 Å². The van der Waals surface area contributed by atoms with Crippen molar-refractivity contribution in [2.45, 2.75) is 97.2 Å². The summed E-state index contributed by atoms with van der Waals surface area (Å²) in [4.78, 5) is 11.1. The summed E-state index contributed by atoms with van der Waals surface area (Å²) < 4.78 is 0. The van der Waals surface area contributed by atoms with Crippen molar-refractivity contribution < 1.29 is 20.1 Å². The monoisotopic (exact) mass is 392 g/mol. The molecule has 0 spiro atoms. The number of carboxylic acid groups (broad SMARTS) is 1. The Morgan fingerprint density at radius 1 is 1.00 bits per heavy atom. The molecule has 0 aliphatic heterocycles. The van der Waals surface area contributed by atoms with Crippen molar-refractivity contribution in [1.82, 2.24) is 0 Å². The van der Waals surface area contributed by atoms with Crippen LogP contribution in [0.3, 0.4) is 0 Å². The lowest BCUT2D eigenvalue weighted by Crippen LogP contribution is -2.58. The molecule has 0 radical (unpaired) electrons. The Bertz CT molecular complexity index is 605. The molecule has 4 unspecified atom stereocenters. The molecule has 4 rings (SSSR count). The molecule has 160 valence electrons. The highest BCUT2D eigenvalue weighted by atomic mass is 16.4. The summed E-state index contributed by atoms with van der Waals surface area (Å²) in [5, 5.41) is 30.5. The molecule has 4 heteroatoms. The van der Waals surface area contributed by atoms with Crippen LogP contribution in [0.5, 0.6) is 0 Å². The van der Waals surface area contributed by atoms with Crippen LogP contribution in [0.4, 0.5) is 0 Å². The number of aliphatic hydroxyl groups is 2. The summed E-state index contributed by atoms with van der Waals surface area (Å²) in [7, 11) is 0. The normalized spacial score (nSPS) is 51.7. The number of fused-ring (bicyclic) bond motifs is 5. The number of hydrogen-bond acceptors (Lipinski definition) is 3. The van der Waals surface area contributed by atoms with E-state index in [0.717, 1.165) is 32.1 Å². The second-order valence-electron chi connectivity index (χ2n) is 11.4. The van der Waals surface area contributed by atoms with Crippen LogP contribution in [0.15, 0.2) is 0 Å². The van der Waals surface area contributed by atoms with E-state index in [4.69, 9.17) is 5.11 Å². The molecule has 4 fully saturated rings. The van der Waals surface area contributed by atoms with E-state index >= 15 is 0 Å². The van der Waals surface area contributed by atoms with Gasteiger partial charge in [-0.05, 0) is 104 Å². The van der Waals surface area contributed by atoms with Gasteiger partial charge in [-0.25, -0.2) is 0 Å². The number of aliphatic hydroxyl groups excluding tert-OH is 2. The largest absolute Gasteiger partial charge is 0.481 e. The molecule has 0 heterocycles. The van der Waals surface area contributed by atoms with E-state index in [9.17, 15) is 15.0 Å². The Hall–Kier alpha value is -0.610. The molecule has 4 saturated carbocycles. The van der Waals surface area contributed by atoms with Gasteiger partial charge < -0.3 is 15.3 Å². The quantitative estimate of drug-likeness (QED) is 0.659. The Morgan fingerprint density at radius 2 is 1.68 bits per heavy atom. The summed E-state index contributed by atoms with van der Waals surface area (Å²) in [6.45, 7) is 7.16. The van der Waals surface area contributed by atoms with Crippen LogP contribution < -0.4 is 0 Å². The summed E-state index contributed by atoms with van der Waals surface area (Å²) in [5.41, 5.74) is 0.523. The standard InChI is InChI=1S/C24H40O4/c1-14(4-7-21(27)28)17-5-6-18-22-19(9-11-24(17,18)3)23(2)10-8-16(25)12-15(23)13-20(22)26/h14-20,22,25-26H,4-13H2,1-3H3,(H,27,28)/t14?,15-,16+,17+,18?,19-,20?,22?,23-,24+/m0/s1. The van der Waals surface area contributed by atoms with Gasteiger partial charge in [-0.3, -0.25) is 4.79 Å². The summed E-state index contributed by atoms with van der Waals surface area (Å²) in [5.74, 6) is 2.36. The van der Waals surface area contributed by atoms with Crippen LogP contribution in [0, 0.1) is 46.3 Å². The fourth-order valence-electron chi connectivity index (χ4n) is 8.73. The number of aliphatic carboxylic acids is 1. The molecule has 4 aliphatic rings. The third-order valence-electron chi connectivity index (χ3n) is 10.2. The van der Waals surface area contributed by atoms with Gasteiger partial charge in [0.05, 0.1) is 12.2 Å². The van der Waals surface area contributed by atoms with Gasteiger partial charge in [-0.1, -0.05) is 20.8 Å². The van der Waals surface area contributed by atoms with E-state index < -0.39 is 5.97 Å². The van der Waals surface area contributed by atoms with Gasteiger partial charge in [-0.2, -0.15) is 0 Å². The van der Waals surface area contributed by atoms with E-state index in [1.54, 1.807) is 0 Å². The van der Waals surface area contributed by atoms with Crippen LogP contribution in [-0.2, 0) is 4.79 Å². The van der Waals surface area contributed by atoms with Crippen molar-refractivity contribution in [2.24, 2.45) is 46.3 Å². The maximum absolute atomic E-state index is 11.2. The molecular formula is C24H40O4. The van der Waals surface area contributed by atoms with E-state index in [1.165, 1.54) is 25.7 Å². The van der Waals surface area contributed by atoms with Gasteiger partial charge in [0, 0.05) is 6.42 Å². The molecule has 0 aromatic carbocycles. The van der Waals surface area contributed by atoms with E-state index in [-0.39, 0.29) is 29.5 Å². The van der Waals surface area contributed by atoms with Crippen molar-refractivity contribution >= 4 is 5.97 Å². The van der Waals surface area contributed by atoms with Crippen molar-refractivity contribution in [2.75, 3.05) is 0 Å². The predicted octanol–water partition coefficient (Wildman–Crippen LogP) is 4.48. The fourth-order valence-corrected chi connectivity index (χ4v) is 8.73. The molecule has 0 aromatic rings. The molecule has 4 aliphatic carbocycles. The molecule has 0 saturated heterocycles. The molecule has 0 bridgehead atoms. The SMILES string of the molecule is CC(CCC(=O)O)[C@H]1CCC2C3C(O)C[C@@H]4C[C@H](O)CC[C@]4(C)[C@H]3CC[C@@]21C. The molecule has 4 nitrogen and oxygen atoms in total. The fraction of sp³-hybridized carbons (Fsp3) is 0.958. The molecular weight excluding hydrogens is 352 g/mol. The average molecular weight is 393 g/mol. The van der Waals surface area contributed by atoms with Crippen LogP contribution >= 0.6 is 0 Å². The minimum atomic E-state index is -0.684. The van der Waals surface area contributed by atoms with Gasteiger partial charge in [0.1, 0.15) is 0 Å². The highest BCUT2D eigenvalue weighted by Crippen LogP contribution is 2.68. The minimum absolute atomic E-state index is 0.179. The van der Waals surface area contributed by atoms with E-state index in [1.807, 2.05) is 0 Å². The Labute approximate surface area is 170 Å². The third kappa shape index (κ3) is 3.14. The molecule has 10 atom stereocenters. The Balaban J connectivity index is 1.55. The number of hydrogen-bond donors (Lipinski definition) is 3.